The van der Waals surface area contributed by atoms with Crippen molar-refractivity contribution < 1.29 is 9.90 Å². The molecule has 0 spiro atoms. The zero-order chi connectivity index (χ0) is 11.7. The molecular weight excluding hydrogens is 202 g/mol. The quantitative estimate of drug-likeness (QED) is 0.821. The Labute approximate surface area is 95.5 Å². The van der Waals surface area contributed by atoms with Crippen molar-refractivity contribution in [3.8, 4) is 0 Å². The number of hydrogen-bond donors (Lipinski definition) is 2. The largest absolute Gasteiger partial charge is 0.481 e. The molecule has 2 N–H and O–H groups in total. The number of carbonyl (C=O) groups is 1. The van der Waals surface area contributed by atoms with E-state index >= 15 is 0 Å². The number of rotatable bonds is 3. The van der Waals surface area contributed by atoms with E-state index in [9.17, 15) is 4.79 Å². The summed E-state index contributed by atoms with van der Waals surface area (Å²) < 4.78 is 0. The van der Waals surface area contributed by atoms with Crippen molar-refractivity contribution in [2.75, 3.05) is 5.32 Å². The van der Waals surface area contributed by atoms with Crippen molar-refractivity contribution in [3.63, 3.8) is 0 Å². The van der Waals surface area contributed by atoms with Gasteiger partial charge < -0.3 is 10.4 Å². The van der Waals surface area contributed by atoms with E-state index in [1.807, 2.05) is 13.8 Å². The van der Waals surface area contributed by atoms with Gasteiger partial charge in [0, 0.05) is 11.7 Å². The Kier molecular flexibility index (Phi) is 2.86. The molecule has 1 aliphatic carbocycles. The molecule has 1 aromatic carbocycles. The van der Waals surface area contributed by atoms with Crippen LogP contribution in [0.2, 0.25) is 0 Å². The third-order valence-electron chi connectivity index (χ3n) is 3.33. The van der Waals surface area contributed by atoms with Crippen LogP contribution in [0.4, 0.5) is 5.69 Å². The molecule has 2 atom stereocenters. The molecule has 16 heavy (non-hydrogen) atoms. The van der Waals surface area contributed by atoms with Gasteiger partial charge in [-0.1, -0.05) is 12.1 Å². The van der Waals surface area contributed by atoms with Crippen LogP contribution in [-0.2, 0) is 4.79 Å². The SMILES string of the molecule is Cc1ccc(C)c(NC2CCC2C(=O)O)c1. The molecular formula is C13H17NO2. The Morgan fingerprint density at radius 3 is 2.69 bits per heavy atom. The summed E-state index contributed by atoms with van der Waals surface area (Å²) in [7, 11) is 0. The fourth-order valence-corrected chi connectivity index (χ4v) is 2.06. The molecule has 3 heteroatoms. The second kappa shape index (κ2) is 4.16. The monoisotopic (exact) mass is 219 g/mol. The number of aryl methyl sites for hydroxylation is 2. The van der Waals surface area contributed by atoms with Crippen LogP contribution in [-0.4, -0.2) is 17.1 Å². The molecule has 0 radical (unpaired) electrons. The normalized spacial score (nSPS) is 23.6. The first-order valence-corrected chi connectivity index (χ1v) is 5.64. The maximum atomic E-state index is 10.9. The minimum atomic E-state index is -0.686. The van der Waals surface area contributed by atoms with Gasteiger partial charge >= 0.3 is 5.97 Å². The molecule has 1 aromatic rings. The Balaban J connectivity index is 2.09. The van der Waals surface area contributed by atoms with E-state index in [1.54, 1.807) is 0 Å². The van der Waals surface area contributed by atoms with Gasteiger partial charge in [0.1, 0.15) is 0 Å². The lowest BCUT2D eigenvalue weighted by Gasteiger charge is -2.35. The van der Waals surface area contributed by atoms with Gasteiger partial charge in [0.25, 0.3) is 0 Å². The highest BCUT2D eigenvalue weighted by Gasteiger charge is 2.36. The Morgan fingerprint density at radius 1 is 1.38 bits per heavy atom. The Morgan fingerprint density at radius 2 is 2.12 bits per heavy atom. The van der Waals surface area contributed by atoms with Crippen LogP contribution in [0.3, 0.4) is 0 Å². The number of aliphatic carboxylic acids is 1. The molecule has 2 unspecified atom stereocenters. The summed E-state index contributed by atoms with van der Waals surface area (Å²) in [5, 5.41) is 12.3. The first kappa shape index (κ1) is 11.0. The minimum Gasteiger partial charge on any atom is -0.481 e. The fourth-order valence-electron chi connectivity index (χ4n) is 2.06. The minimum absolute atomic E-state index is 0.0954. The summed E-state index contributed by atoms with van der Waals surface area (Å²) in [5.74, 6) is -0.908. The van der Waals surface area contributed by atoms with Crippen molar-refractivity contribution in [2.24, 2.45) is 5.92 Å². The summed E-state index contributed by atoms with van der Waals surface area (Å²) >= 11 is 0. The fraction of sp³-hybridized carbons (Fsp3) is 0.462. The lowest BCUT2D eigenvalue weighted by molar-refractivity contribution is -0.144. The van der Waals surface area contributed by atoms with Crippen LogP contribution in [0.5, 0.6) is 0 Å². The molecule has 1 saturated carbocycles. The van der Waals surface area contributed by atoms with Gasteiger partial charge in [0.05, 0.1) is 5.92 Å². The number of carboxylic acids is 1. The number of carboxylic acid groups (broad SMARTS) is 1. The summed E-state index contributed by atoms with van der Waals surface area (Å²) in [6, 6.07) is 6.30. The zero-order valence-corrected chi connectivity index (χ0v) is 9.66. The number of nitrogens with one attached hydrogen (secondary N) is 1. The molecule has 0 bridgehead atoms. The highest BCUT2D eigenvalue weighted by Crippen LogP contribution is 2.31. The van der Waals surface area contributed by atoms with E-state index in [4.69, 9.17) is 5.11 Å². The van der Waals surface area contributed by atoms with Crippen LogP contribution in [0.15, 0.2) is 18.2 Å². The summed E-state index contributed by atoms with van der Waals surface area (Å²) in [4.78, 5) is 10.9. The molecule has 0 amide bonds. The number of anilines is 1. The van der Waals surface area contributed by atoms with Gasteiger partial charge in [-0.15, -0.1) is 0 Å². The first-order chi connectivity index (χ1) is 7.58. The standard InChI is InChI=1S/C13H17NO2/c1-8-3-4-9(2)12(7-8)14-11-6-5-10(11)13(15)16/h3-4,7,10-11,14H,5-6H2,1-2H3,(H,15,16). The second-order valence-corrected chi connectivity index (χ2v) is 4.59. The van der Waals surface area contributed by atoms with Crippen molar-refractivity contribution in [2.45, 2.75) is 32.7 Å². The predicted molar refractivity (Wildman–Crippen MR) is 63.7 cm³/mol. The van der Waals surface area contributed by atoms with E-state index in [2.05, 4.69) is 23.5 Å². The van der Waals surface area contributed by atoms with Crippen LogP contribution in [0.25, 0.3) is 0 Å². The molecule has 1 aliphatic rings. The second-order valence-electron chi connectivity index (χ2n) is 4.59. The van der Waals surface area contributed by atoms with Crippen molar-refractivity contribution in [3.05, 3.63) is 29.3 Å². The maximum absolute atomic E-state index is 10.9. The zero-order valence-electron chi connectivity index (χ0n) is 9.66. The summed E-state index contributed by atoms with van der Waals surface area (Å²) in [5.41, 5.74) is 3.43. The lowest BCUT2D eigenvalue weighted by Crippen LogP contribution is -2.43. The summed E-state index contributed by atoms with van der Waals surface area (Å²) in [6.45, 7) is 4.08. The van der Waals surface area contributed by atoms with Crippen LogP contribution in [0, 0.1) is 19.8 Å². The first-order valence-electron chi connectivity index (χ1n) is 5.64. The number of hydrogen-bond acceptors (Lipinski definition) is 2. The molecule has 0 heterocycles. The molecule has 2 rings (SSSR count). The van der Waals surface area contributed by atoms with Crippen LogP contribution in [0.1, 0.15) is 24.0 Å². The van der Waals surface area contributed by atoms with Crippen molar-refractivity contribution >= 4 is 11.7 Å². The van der Waals surface area contributed by atoms with Gasteiger partial charge in [-0.05, 0) is 43.9 Å². The third kappa shape index (κ3) is 2.03. The van der Waals surface area contributed by atoms with Crippen molar-refractivity contribution in [1.29, 1.82) is 0 Å². The Hall–Kier alpha value is -1.51. The third-order valence-corrected chi connectivity index (χ3v) is 3.33. The molecule has 0 saturated heterocycles. The van der Waals surface area contributed by atoms with Crippen LogP contribution < -0.4 is 5.32 Å². The van der Waals surface area contributed by atoms with Gasteiger partial charge in [0.2, 0.25) is 0 Å². The van der Waals surface area contributed by atoms with Crippen LogP contribution >= 0.6 is 0 Å². The molecule has 0 aliphatic heterocycles. The molecule has 3 nitrogen and oxygen atoms in total. The Bertz CT molecular complexity index is 414. The van der Waals surface area contributed by atoms with Gasteiger partial charge in [-0.3, -0.25) is 4.79 Å². The smallest absolute Gasteiger partial charge is 0.308 e. The van der Waals surface area contributed by atoms with Gasteiger partial charge in [-0.25, -0.2) is 0 Å². The molecule has 0 aromatic heterocycles. The average molecular weight is 219 g/mol. The van der Waals surface area contributed by atoms with Gasteiger partial charge in [0.15, 0.2) is 0 Å². The van der Waals surface area contributed by atoms with E-state index in [0.29, 0.717) is 0 Å². The average Bonchev–Trinajstić information content (AvgIpc) is 2.16. The van der Waals surface area contributed by atoms with Crippen molar-refractivity contribution in [1.82, 2.24) is 0 Å². The van der Waals surface area contributed by atoms with E-state index in [-0.39, 0.29) is 12.0 Å². The highest BCUT2D eigenvalue weighted by molar-refractivity contribution is 5.73. The maximum Gasteiger partial charge on any atom is 0.308 e. The van der Waals surface area contributed by atoms with Gasteiger partial charge in [-0.2, -0.15) is 0 Å². The lowest BCUT2D eigenvalue weighted by atomic mass is 9.79. The molecule has 1 fully saturated rings. The molecule has 86 valence electrons. The summed E-state index contributed by atoms with van der Waals surface area (Å²) in [6.07, 6.45) is 1.74. The predicted octanol–water partition coefficient (Wildman–Crippen LogP) is 2.58. The van der Waals surface area contributed by atoms with E-state index in [1.165, 1.54) is 11.1 Å². The number of benzene rings is 1. The highest BCUT2D eigenvalue weighted by atomic mass is 16.4. The van der Waals surface area contributed by atoms with E-state index in [0.717, 1.165) is 18.5 Å². The topological polar surface area (TPSA) is 49.3 Å². The van der Waals surface area contributed by atoms with E-state index < -0.39 is 5.97 Å².